The maximum atomic E-state index is 11.5. The maximum Gasteiger partial charge on any atom is 0.336 e. The van der Waals surface area contributed by atoms with Crippen molar-refractivity contribution in [2.75, 3.05) is 0 Å². The van der Waals surface area contributed by atoms with Gasteiger partial charge in [0.15, 0.2) is 0 Å². The van der Waals surface area contributed by atoms with E-state index in [1.54, 1.807) is 0 Å². The van der Waals surface area contributed by atoms with Crippen molar-refractivity contribution in [3.05, 3.63) is 34.9 Å². The molecule has 0 saturated heterocycles. The zero-order valence-corrected chi connectivity index (χ0v) is 9.99. The van der Waals surface area contributed by atoms with Gasteiger partial charge in [-0.1, -0.05) is 6.58 Å². The van der Waals surface area contributed by atoms with Gasteiger partial charge in [0.2, 0.25) is 0 Å². The number of hydrogen-bond acceptors (Lipinski definition) is 4. The fourth-order valence-electron chi connectivity index (χ4n) is 1.80. The second-order valence-corrected chi connectivity index (χ2v) is 3.76. The highest BCUT2D eigenvalue weighted by molar-refractivity contribution is 6.11. The molecular weight excluding hydrogens is 270 g/mol. The number of hydrogen-bond donors (Lipinski definition) is 3. The van der Waals surface area contributed by atoms with Crippen LogP contribution in [0.5, 0.6) is 0 Å². The molecule has 0 spiro atoms. The van der Waals surface area contributed by atoms with Crippen LogP contribution in [0.2, 0.25) is 0 Å². The molecule has 0 bridgehead atoms. The van der Waals surface area contributed by atoms with Crippen LogP contribution in [0.3, 0.4) is 0 Å². The van der Waals surface area contributed by atoms with Crippen molar-refractivity contribution in [2.24, 2.45) is 10.9 Å². The van der Waals surface area contributed by atoms with Crippen LogP contribution in [-0.4, -0.2) is 45.9 Å². The molecule has 1 aliphatic carbocycles. The third kappa shape index (κ3) is 2.39. The second-order valence-electron chi connectivity index (χ2n) is 3.76. The van der Waals surface area contributed by atoms with E-state index in [1.165, 1.54) is 0 Å². The number of aliphatic imine (C=N–C) groups is 1. The van der Waals surface area contributed by atoms with Gasteiger partial charge in [-0.3, -0.25) is 9.59 Å². The molecule has 20 heavy (non-hydrogen) atoms. The Kier molecular flexibility index (Phi) is 3.99. The third-order valence-electron chi connectivity index (χ3n) is 2.63. The predicted octanol–water partition coefficient (Wildman–Crippen LogP) is -0.124. The molecule has 1 unspecified atom stereocenters. The van der Waals surface area contributed by atoms with Gasteiger partial charge >= 0.3 is 17.9 Å². The van der Waals surface area contributed by atoms with Gasteiger partial charge in [-0.2, -0.15) is 0 Å². The van der Waals surface area contributed by atoms with E-state index in [4.69, 9.17) is 15.3 Å². The zero-order chi connectivity index (χ0) is 15.6. The standard InChI is InChI=1S/C12H9NO7/c1-4-7(11(17)18)5(9(14)13-2)3-6(10(15)16)8(4)12(19)20/h3,7H,1-2H2,(H,15,16)(H,17,18)(H,19,20). The summed E-state index contributed by atoms with van der Waals surface area (Å²) in [7, 11) is 0. The van der Waals surface area contributed by atoms with Crippen LogP contribution >= 0.6 is 0 Å². The molecule has 0 heterocycles. The summed E-state index contributed by atoms with van der Waals surface area (Å²) in [6, 6.07) is 0. The molecule has 1 rings (SSSR count). The van der Waals surface area contributed by atoms with Crippen LogP contribution in [0.25, 0.3) is 0 Å². The lowest BCUT2D eigenvalue weighted by atomic mass is 9.79. The topological polar surface area (TPSA) is 141 Å². The lowest BCUT2D eigenvalue weighted by molar-refractivity contribution is -0.140. The lowest BCUT2D eigenvalue weighted by Gasteiger charge is -2.22. The molecule has 1 aliphatic rings. The van der Waals surface area contributed by atoms with Crippen molar-refractivity contribution in [2.45, 2.75) is 0 Å². The fraction of sp³-hybridized carbons (Fsp3) is 0.0833. The summed E-state index contributed by atoms with van der Waals surface area (Å²) in [5.74, 6) is -7.54. The highest BCUT2D eigenvalue weighted by atomic mass is 16.4. The molecule has 0 aromatic rings. The lowest BCUT2D eigenvalue weighted by Crippen LogP contribution is -2.30. The van der Waals surface area contributed by atoms with Gasteiger partial charge in [-0.05, 0) is 18.4 Å². The van der Waals surface area contributed by atoms with Gasteiger partial charge in [-0.15, -0.1) is 0 Å². The summed E-state index contributed by atoms with van der Waals surface area (Å²) in [6.07, 6.45) is 0.677. The van der Waals surface area contributed by atoms with Crippen molar-refractivity contribution in [1.29, 1.82) is 0 Å². The number of carbonyl (C=O) groups excluding carboxylic acids is 1. The van der Waals surface area contributed by atoms with E-state index in [9.17, 15) is 19.2 Å². The van der Waals surface area contributed by atoms with E-state index in [0.717, 1.165) is 0 Å². The van der Waals surface area contributed by atoms with Crippen molar-refractivity contribution < 1.29 is 34.5 Å². The number of rotatable bonds is 4. The maximum absolute atomic E-state index is 11.5. The molecule has 8 nitrogen and oxygen atoms in total. The molecular formula is C12H9NO7. The van der Waals surface area contributed by atoms with Crippen LogP contribution in [0.1, 0.15) is 0 Å². The summed E-state index contributed by atoms with van der Waals surface area (Å²) in [5.41, 5.74) is -2.49. The smallest absolute Gasteiger partial charge is 0.336 e. The molecule has 0 fully saturated rings. The van der Waals surface area contributed by atoms with Gasteiger partial charge in [0.1, 0.15) is 5.92 Å². The molecule has 1 atom stereocenters. The van der Waals surface area contributed by atoms with E-state index < -0.39 is 52.0 Å². The van der Waals surface area contributed by atoms with Crippen LogP contribution in [0, 0.1) is 5.92 Å². The van der Waals surface area contributed by atoms with E-state index in [2.05, 4.69) is 18.3 Å². The Bertz CT molecular complexity index is 624. The number of carboxylic acid groups (broad SMARTS) is 3. The molecule has 0 saturated carbocycles. The first-order valence-electron chi connectivity index (χ1n) is 5.07. The number of amides is 1. The molecule has 0 radical (unpaired) electrons. The van der Waals surface area contributed by atoms with E-state index in [1.807, 2.05) is 0 Å². The Balaban J connectivity index is 3.67. The molecule has 3 N–H and O–H groups in total. The third-order valence-corrected chi connectivity index (χ3v) is 2.63. The molecule has 1 amide bonds. The summed E-state index contributed by atoms with van der Waals surface area (Å²) in [6.45, 7) is 6.22. The first kappa shape index (κ1) is 15.0. The van der Waals surface area contributed by atoms with Gasteiger partial charge in [0, 0.05) is 5.57 Å². The largest absolute Gasteiger partial charge is 0.481 e. The summed E-state index contributed by atoms with van der Waals surface area (Å²) >= 11 is 0. The minimum absolute atomic E-state index is 0.500. The molecule has 104 valence electrons. The predicted molar refractivity (Wildman–Crippen MR) is 65.2 cm³/mol. The Morgan fingerprint density at radius 2 is 1.65 bits per heavy atom. The first-order chi connectivity index (χ1) is 9.22. The number of carboxylic acids is 3. The summed E-state index contributed by atoms with van der Waals surface area (Å²) in [4.78, 5) is 47.8. The molecule has 0 aromatic heterocycles. The Morgan fingerprint density at radius 3 is 2.00 bits per heavy atom. The van der Waals surface area contributed by atoms with Crippen LogP contribution in [-0.2, 0) is 19.2 Å². The average molecular weight is 279 g/mol. The SMILES string of the molecule is C=NC(=O)C1=CC(C(=O)O)=C(C(=O)O)C(=C)C1C(=O)O. The zero-order valence-electron chi connectivity index (χ0n) is 9.99. The Labute approximate surface area is 112 Å². The van der Waals surface area contributed by atoms with E-state index in [-0.39, 0.29) is 0 Å². The quantitative estimate of drug-likeness (QED) is 0.609. The van der Waals surface area contributed by atoms with Crippen LogP contribution in [0.4, 0.5) is 0 Å². The summed E-state index contributed by atoms with van der Waals surface area (Å²) in [5, 5.41) is 27.0. The van der Waals surface area contributed by atoms with Gasteiger partial charge in [0.05, 0.1) is 11.1 Å². The number of carbonyl (C=O) groups is 4. The van der Waals surface area contributed by atoms with E-state index in [0.29, 0.717) is 6.08 Å². The van der Waals surface area contributed by atoms with Gasteiger partial charge in [0.25, 0.3) is 5.91 Å². The van der Waals surface area contributed by atoms with Gasteiger partial charge < -0.3 is 15.3 Å². The Hall–Kier alpha value is -3.03. The highest BCUT2D eigenvalue weighted by Gasteiger charge is 2.39. The van der Waals surface area contributed by atoms with Crippen LogP contribution < -0.4 is 0 Å². The highest BCUT2D eigenvalue weighted by Crippen LogP contribution is 2.34. The van der Waals surface area contributed by atoms with Crippen molar-refractivity contribution in [1.82, 2.24) is 0 Å². The molecule has 0 aliphatic heterocycles. The fourth-order valence-corrected chi connectivity index (χ4v) is 1.80. The van der Waals surface area contributed by atoms with Gasteiger partial charge in [-0.25, -0.2) is 14.6 Å². The normalized spacial score (nSPS) is 18.3. The number of nitrogens with zero attached hydrogens (tertiary/aromatic N) is 1. The van der Waals surface area contributed by atoms with Crippen molar-refractivity contribution in [3.8, 4) is 0 Å². The van der Waals surface area contributed by atoms with Crippen LogP contribution in [0.15, 0.2) is 39.9 Å². The van der Waals surface area contributed by atoms with Crippen molar-refractivity contribution >= 4 is 30.5 Å². The Morgan fingerprint density at radius 1 is 1.10 bits per heavy atom. The summed E-state index contributed by atoms with van der Waals surface area (Å²) < 4.78 is 0. The minimum Gasteiger partial charge on any atom is -0.481 e. The van der Waals surface area contributed by atoms with Crippen molar-refractivity contribution in [3.63, 3.8) is 0 Å². The molecule has 8 heteroatoms. The minimum atomic E-state index is -1.68. The first-order valence-corrected chi connectivity index (χ1v) is 5.07. The average Bonchev–Trinajstić information content (AvgIpc) is 2.35. The monoisotopic (exact) mass is 279 g/mol. The second kappa shape index (κ2) is 5.31. The number of aliphatic carboxylic acids is 3. The molecule has 0 aromatic carbocycles. The van der Waals surface area contributed by atoms with E-state index >= 15 is 0 Å².